The zero-order valence-electron chi connectivity index (χ0n) is 10.9. The van der Waals surface area contributed by atoms with Gasteiger partial charge in [0.1, 0.15) is 0 Å². The molecular formula is C16H13F3O. The highest BCUT2D eigenvalue weighted by molar-refractivity contribution is 5.97. The van der Waals surface area contributed by atoms with Crippen LogP contribution in [0.15, 0.2) is 48.5 Å². The molecule has 0 spiro atoms. The second kappa shape index (κ2) is 5.49. The lowest BCUT2D eigenvalue weighted by atomic mass is 10.0. The summed E-state index contributed by atoms with van der Waals surface area (Å²) in [7, 11) is 0. The number of Topliss-reactive ketones (excluding diaryl/α,β-unsaturated/α-hetero) is 1. The molecule has 0 aliphatic carbocycles. The molecule has 20 heavy (non-hydrogen) atoms. The summed E-state index contributed by atoms with van der Waals surface area (Å²) in [5, 5.41) is 0. The SMILES string of the molecule is Cc1cccc(CC(=O)c2ccc(C(F)(F)F)cc2)c1. The topological polar surface area (TPSA) is 17.1 Å². The van der Waals surface area contributed by atoms with Crippen LogP contribution in [-0.4, -0.2) is 5.78 Å². The highest BCUT2D eigenvalue weighted by Crippen LogP contribution is 2.29. The number of hydrogen-bond acceptors (Lipinski definition) is 1. The number of hydrogen-bond donors (Lipinski definition) is 0. The van der Waals surface area contributed by atoms with Gasteiger partial charge in [0.25, 0.3) is 0 Å². The van der Waals surface area contributed by atoms with E-state index in [0.29, 0.717) is 5.56 Å². The second-order valence-electron chi connectivity index (χ2n) is 4.66. The molecule has 0 heterocycles. The lowest BCUT2D eigenvalue weighted by Gasteiger charge is -2.07. The molecule has 0 atom stereocenters. The zero-order valence-corrected chi connectivity index (χ0v) is 10.9. The van der Waals surface area contributed by atoms with Crippen molar-refractivity contribution in [3.63, 3.8) is 0 Å². The monoisotopic (exact) mass is 278 g/mol. The molecule has 0 radical (unpaired) electrons. The van der Waals surface area contributed by atoms with E-state index in [1.807, 2.05) is 31.2 Å². The molecule has 0 aliphatic rings. The Morgan fingerprint density at radius 1 is 1.05 bits per heavy atom. The Balaban J connectivity index is 2.14. The summed E-state index contributed by atoms with van der Waals surface area (Å²) in [5.41, 5.74) is 1.45. The Bertz CT molecular complexity index is 612. The van der Waals surface area contributed by atoms with Crippen molar-refractivity contribution in [3.05, 3.63) is 70.8 Å². The molecule has 0 bridgehead atoms. The molecule has 0 fully saturated rings. The zero-order chi connectivity index (χ0) is 14.8. The fourth-order valence-electron chi connectivity index (χ4n) is 1.95. The Labute approximate surface area is 115 Å². The van der Waals surface area contributed by atoms with Crippen molar-refractivity contribution < 1.29 is 18.0 Å². The quantitative estimate of drug-likeness (QED) is 0.759. The van der Waals surface area contributed by atoms with E-state index in [-0.39, 0.29) is 12.2 Å². The van der Waals surface area contributed by atoms with E-state index in [0.717, 1.165) is 23.3 Å². The van der Waals surface area contributed by atoms with Gasteiger partial charge in [-0.1, -0.05) is 42.0 Å². The third kappa shape index (κ3) is 3.47. The molecule has 0 aliphatic heterocycles. The molecule has 2 aromatic rings. The standard InChI is InChI=1S/C16H13F3O/c1-11-3-2-4-12(9-11)10-15(20)13-5-7-14(8-6-13)16(17,18)19/h2-9H,10H2,1H3. The van der Waals surface area contributed by atoms with Crippen LogP contribution >= 0.6 is 0 Å². The maximum atomic E-state index is 12.4. The summed E-state index contributed by atoms with van der Waals surface area (Å²) in [5.74, 6) is -0.190. The fraction of sp³-hybridized carbons (Fsp3) is 0.188. The second-order valence-corrected chi connectivity index (χ2v) is 4.66. The third-order valence-electron chi connectivity index (χ3n) is 2.98. The summed E-state index contributed by atoms with van der Waals surface area (Å²) in [6.45, 7) is 1.92. The van der Waals surface area contributed by atoms with Gasteiger partial charge in [0.2, 0.25) is 0 Å². The van der Waals surface area contributed by atoms with Gasteiger partial charge in [0.15, 0.2) is 5.78 Å². The van der Waals surface area contributed by atoms with Crippen molar-refractivity contribution in [2.45, 2.75) is 19.5 Å². The number of carbonyl (C=O) groups is 1. The van der Waals surface area contributed by atoms with E-state index in [4.69, 9.17) is 0 Å². The molecule has 2 rings (SSSR count). The van der Waals surface area contributed by atoms with E-state index in [2.05, 4.69) is 0 Å². The van der Waals surface area contributed by atoms with E-state index < -0.39 is 11.7 Å². The number of aryl methyl sites for hydroxylation is 1. The largest absolute Gasteiger partial charge is 0.416 e. The van der Waals surface area contributed by atoms with E-state index in [1.54, 1.807) is 0 Å². The summed E-state index contributed by atoms with van der Waals surface area (Å²) in [6.07, 6.45) is -4.19. The fourth-order valence-corrected chi connectivity index (χ4v) is 1.95. The van der Waals surface area contributed by atoms with Gasteiger partial charge in [-0.3, -0.25) is 4.79 Å². The summed E-state index contributed by atoms with van der Waals surface area (Å²) < 4.78 is 37.3. The molecule has 0 saturated carbocycles. The summed E-state index contributed by atoms with van der Waals surface area (Å²) in [6, 6.07) is 11.8. The predicted molar refractivity (Wildman–Crippen MR) is 70.7 cm³/mol. The molecule has 0 unspecified atom stereocenters. The van der Waals surface area contributed by atoms with Crippen LogP contribution in [-0.2, 0) is 12.6 Å². The number of halogens is 3. The van der Waals surface area contributed by atoms with Crippen LogP contribution in [0.25, 0.3) is 0 Å². The van der Waals surface area contributed by atoms with Crippen LogP contribution < -0.4 is 0 Å². The van der Waals surface area contributed by atoms with Crippen molar-refractivity contribution in [2.24, 2.45) is 0 Å². The molecule has 4 heteroatoms. The minimum absolute atomic E-state index is 0.188. The predicted octanol–water partition coefficient (Wildman–Crippen LogP) is 4.44. The Morgan fingerprint density at radius 3 is 2.25 bits per heavy atom. The summed E-state index contributed by atoms with van der Waals surface area (Å²) in [4.78, 5) is 12.0. The van der Waals surface area contributed by atoms with E-state index >= 15 is 0 Å². The van der Waals surface area contributed by atoms with Crippen molar-refractivity contribution in [1.29, 1.82) is 0 Å². The van der Waals surface area contributed by atoms with Gasteiger partial charge in [-0.25, -0.2) is 0 Å². The van der Waals surface area contributed by atoms with Crippen LogP contribution in [0.5, 0.6) is 0 Å². The molecule has 2 aromatic carbocycles. The van der Waals surface area contributed by atoms with Gasteiger partial charge >= 0.3 is 6.18 Å². The number of ketones is 1. The first-order chi connectivity index (χ1) is 9.36. The Hall–Kier alpha value is -2.10. The molecule has 0 aromatic heterocycles. The van der Waals surface area contributed by atoms with Crippen LogP contribution in [0.2, 0.25) is 0 Å². The van der Waals surface area contributed by atoms with E-state index in [1.165, 1.54) is 12.1 Å². The molecule has 0 amide bonds. The van der Waals surface area contributed by atoms with Gasteiger partial charge in [0.05, 0.1) is 5.56 Å². The lowest BCUT2D eigenvalue weighted by Crippen LogP contribution is -2.07. The highest BCUT2D eigenvalue weighted by Gasteiger charge is 2.30. The molecule has 0 saturated heterocycles. The Kier molecular flexibility index (Phi) is 3.93. The maximum Gasteiger partial charge on any atom is 0.416 e. The third-order valence-corrected chi connectivity index (χ3v) is 2.98. The number of carbonyl (C=O) groups excluding carboxylic acids is 1. The smallest absolute Gasteiger partial charge is 0.294 e. The van der Waals surface area contributed by atoms with Crippen molar-refractivity contribution in [1.82, 2.24) is 0 Å². The number of rotatable bonds is 3. The van der Waals surface area contributed by atoms with Gasteiger partial charge in [-0.2, -0.15) is 13.2 Å². The molecule has 104 valence electrons. The molecule has 1 nitrogen and oxygen atoms in total. The normalized spacial score (nSPS) is 11.4. The first-order valence-electron chi connectivity index (χ1n) is 6.12. The van der Waals surface area contributed by atoms with Crippen LogP contribution in [0.3, 0.4) is 0 Å². The van der Waals surface area contributed by atoms with Crippen LogP contribution in [0.4, 0.5) is 13.2 Å². The van der Waals surface area contributed by atoms with Crippen LogP contribution in [0, 0.1) is 6.92 Å². The summed E-state index contributed by atoms with van der Waals surface area (Å²) >= 11 is 0. The lowest BCUT2D eigenvalue weighted by molar-refractivity contribution is -0.137. The average Bonchev–Trinajstić information content (AvgIpc) is 2.38. The maximum absolute atomic E-state index is 12.4. The molecular weight excluding hydrogens is 265 g/mol. The van der Waals surface area contributed by atoms with Gasteiger partial charge in [0, 0.05) is 12.0 Å². The van der Waals surface area contributed by atoms with Crippen LogP contribution in [0.1, 0.15) is 27.0 Å². The van der Waals surface area contributed by atoms with E-state index in [9.17, 15) is 18.0 Å². The van der Waals surface area contributed by atoms with Crippen molar-refractivity contribution >= 4 is 5.78 Å². The van der Waals surface area contributed by atoms with Crippen molar-refractivity contribution in [2.75, 3.05) is 0 Å². The highest BCUT2D eigenvalue weighted by atomic mass is 19.4. The Morgan fingerprint density at radius 2 is 1.70 bits per heavy atom. The first kappa shape index (κ1) is 14.3. The minimum atomic E-state index is -4.38. The average molecular weight is 278 g/mol. The first-order valence-corrected chi connectivity index (χ1v) is 6.12. The minimum Gasteiger partial charge on any atom is -0.294 e. The van der Waals surface area contributed by atoms with Gasteiger partial charge < -0.3 is 0 Å². The molecule has 0 N–H and O–H groups in total. The van der Waals surface area contributed by atoms with Gasteiger partial charge in [-0.05, 0) is 24.6 Å². The number of benzene rings is 2. The number of alkyl halides is 3. The van der Waals surface area contributed by atoms with Crippen molar-refractivity contribution in [3.8, 4) is 0 Å². The van der Waals surface area contributed by atoms with Gasteiger partial charge in [-0.15, -0.1) is 0 Å².